The Labute approximate surface area is 183 Å². The van der Waals surface area contributed by atoms with Gasteiger partial charge in [-0.3, -0.25) is 19.7 Å². The molecule has 8 heteroatoms. The molecular formula is C22H20BrN3O4. The Hall–Kier alpha value is -3.13. The van der Waals surface area contributed by atoms with E-state index in [2.05, 4.69) is 13.8 Å². The highest BCUT2D eigenvalue weighted by atomic mass is 79.9. The Morgan fingerprint density at radius 2 is 1.60 bits per heavy atom. The van der Waals surface area contributed by atoms with Crippen LogP contribution in [0.1, 0.15) is 51.5 Å². The summed E-state index contributed by atoms with van der Waals surface area (Å²) in [6.45, 7) is 5.05. The van der Waals surface area contributed by atoms with E-state index in [-0.39, 0.29) is 34.2 Å². The van der Waals surface area contributed by atoms with Crippen molar-refractivity contribution in [2.75, 3.05) is 0 Å². The van der Waals surface area contributed by atoms with Crippen molar-refractivity contribution in [2.24, 2.45) is 5.92 Å². The van der Waals surface area contributed by atoms with Gasteiger partial charge in [-0.25, -0.2) is 9.13 Å². The third-order valence-electron chi connectivity index (χ3n) is 4.99. The van der Waals surface area contributed by atoms with Crippen LogP contribution in [0.15, 0.2) is 54.9 Å². The van der Waals surface area contributed by atoms with Gasteiger partial charge in [-0.05, 0) is 23.6 Å². The number of nitro groups is 1. The van der Waals surface area contributed by atoms with Gasteiger partial charge in [-0.15, -0.1) is 0 Å². The number of ketones is 2. The number of hydrogen-bond acceptors (Lipinski definition) is 4. The molecule has 1 aliphatic carbocycles. The number of hydrogen-bond donors (Lipinski definition) is 0. The lowest BCUT2D eigenvalue weighted by Crippen LogP contribution is -3.00. The largest absolute Gasteiger partial charge is 1.00 e. The van der Waals surface area contributed by atoms with Gasteiger partial charge in [0.15, 0.2) is 0 Å². The summed E-state index contributed by atoms with van der Waals surface area (Å²) in [6.07, 6.45) is 1.80. The van der Waals surface area contributed by atoms with Crippen LogP contribution in [0.5, 0.6) is 0 Å². The summed E-state index contributed by atoms with van der Waals surface area (Å²) in [5, 5.41) is 10.9. The van der Waals surface area contributed by atoms with E-state index in [0.29, 0.717) is 41.5 Å². The third-order valence-corrected chi connectivity index (χ3v) is 4.99. The third kappa shape index (κ3) is 3.70. The van der Waals surface area contributed by atoms with Crippen molar-refractivity contribution >= 4 is 17.3 Å². The minimum Gasteiger partial charge on any atom is -1.00 e. The first kappa shape index (κ1) is 21.6. The fraction of sp³-hybridized carbons (Fsp3) is 0.227. The molecule has 30 heavy (non-hydrogen) atoms. The van der Waals surface area contributed by atoms with Crippen LogP contribution >= 0.6 is 0 Å². The Morgan fingerprint density at radius 1 is 1.00 bits per heavy atom. The molecule has 0 saturated carbocycles. The number of nitrogens with zero attached hydrogens (tertiary/aromatic N) is 3. The van der Waals surface area contributed by atoms with Gasteiger partial charge in [0.2, 0.25) is 29.3 Å². The molecule has 0 bridgehead atoms. The zero-order chi connectivity index (χ0) is 20.7. The molecule has 0 aliphatic heterocycles. The molecular weight excluding hydrogens is 450 g/mol. The number of imidazole rings is 1. The average molecular weight is 470 g/mol. The minimum absolute atomic E-state index is 0. The van der Waals surface area contributed by atoms with Gasteiger partial charge in [-0.1, -0.05) is 38.1 Å². The molecule has 3 aromatic rings. The fourth-order valence-corrected chi connectivity index (χ4v) is 3.74. The molecule has 154 valence electrons. The number of halogens is 1. The Kier molecular flexibility index (Phi) is 5.98. The maximum absolute atomic E-state index is 13.2. The van der Waals surface area contributed by atoms with E-state index in [1.54, 1.807) is 47.3 Å². The number of fused-ring (bicyclic) bond motifs is 2. The van der Waals surface area contributed by atoms with Crippen molar-refractivity contribution in [2.45, 2.75) is 26.9 Å². The molecule has 0 radical (unpaired) electrons. The maximum atomic E-state index is 13.2. The standard InChI is InChI=1S/C22H20N3O4.BrH/c1-14(2)11-23-13-24(12-15-7-9-16(10-8-15)25(28)29)20-19(23)21(26)17-5-3-4-6-18(17)22(20)27;/h3-10,13-14H,11-12H2,1-2H3;1H/q+1;/p-1. The zero-order valence-corrected chi connectivity index (χ0v) is 18.1. The van der Waals surface area contributed by atoms with Crippen LogP contribution in [0.25, 0.3) is 0 Å². The molecule has 1 aliphatic rings. The maximum Gasteiger partial charge on any atom is 0.269 e. The lowest BCUT2D eigenvalue weighted by molar-refractivity contribution is -0.689. The topological polar surface area (TPSA) is 86.1 Å². The summed E-state index contributed by atoms with van der Waals surface area (Å²) in [7, 11) is 0. The highest BCUT2D eigenvalue weighted by molar-refractivity contribution is 6.26. The molecule has 0 fully saturated rings. The van der Waals surface area contributed by atoms with E-state index in [0.717, 1.165) is 5.56 Å². The summed E-state index contributed by atoms with van der Waals surface area (Å²) in [5.41, 5.74) is 2.43. The SMILES string of the molecule is CC(C)Cn1c[n+](Cc2ccc([N+](=O)[O-])cc2)c2c1C(=O)c1ccccc1C2=O.[Br-]. The second kappa shape index (κ2) is 8.31. The Morgan fingerprint density at radius 3 is 2.17 bits per heavy atom. The summed E-state index contributed by atoms with van der Waals surface area (Å²) in [4.78, 5) is 36.8. The molecule has 7 nitrogen and oxygen atoms in total. The van der Waals surface area contributed by atoms with Crippen molar-refractivity contribution in [1.29, 1.82) is 0 Å². The van der Waals surface area contributed by atoms with Crippen LogP contribution < -0.4 is 21.5 Å². The molecule has 0 unspecified atom stereocenters. The van der Waals surface area contributed by atoms with Crippen LogP contribution in [-0.2, 0) is 13.1 Å². The highest BCUT2D eigenvalue weighted by Crippen LogP contribution is 2.26. The van der Waals surface area contributed by atoms with Gasteiger partial charge in [0, 0.05) is 23.3 Å². The Balaban J connectivity index is 0.00000256. The van der Waals surface area contributed by atoms with Crippen LogP contribution in [0.2, 0.25) is 0 Å². The first-order valence-corrected chi connectivity index (χ1v) is 9.41. The molecule has 0 amide bonds. The lowest BCUT2D eigenvalue weighted by atomic mass is 9.89. The molecule has 1 aromatic heterocycles. The average Bonchev–Trinajstić information content (AvgIpc) is 3.04. The second-order valence-electron chi connectivity index (χ2n) is 7.61. The lowest BCUT2D eigenvalue weighted by Gasteiger charge is -2.13. The number of aromatic nitrogens is 2. The van der Waals surface area contributed by atoms with Gasteiger partial charge >= 0.3 is 0 Å². The van der Waals surface area contributed by atoms with Crippen molar-refractivity contribution < 1.29 is 36.1 Å². The van der Waals surface area contributed by atoms with Crippen LogP contribution in [0.3, 0.4) is 0 Å². The van der Waals surface area contributed by atoms with E-state index in [1.165, 1.54) is 12.1 Å². The first-order valence-electron chi connectivity index (χ1n) is 9.41. The van der Waals surface area contributed by atoms with Crippen LogP contribution in [-0.4, -0.2) is 21.1 Å². The summed E-state index contributed by atoms with van der Waals surface area (Å²) in [5.74, 6) is -0.0442. The Bertz CT molecular complexity index is 1150. The number of non-ortho nitro benzene ring substituents is 1. The van der Waals surface area contributed by atoms with Crippen molar-refractivity contribution in [3.05, 3.63) is 93.1 Å². The van der Waals surface area contributed by atoms with Crippen molar-refractivity contribution in [3.8, 4) is 0 Å². The molecule has 0 spiro atoms. The second-order valence-corrected chi connectivity index (χ2v) is 7.61. The van der Waals surface area contributed by atoms with E-state index < -0.39 is 4.92 Å². The van der Waals surface area contributed by atoms with Gasteiger partial charge in [0.25, 0.3) is 5.69 Å². The van der Waals surface area contributed by atoms with E-state index >= 15 is 0 Å². The summed E-state index contributed by atoms with van der Waals surface area (Å²) < 4.78 is 3.62. The van der Waals surface area contributed by atoms with Crippen molar-refractivity contribution in [1.82, 2.24) is 4.57 Å². The highest BCUT2D eigenvalue weighted by Gasteiger charge is 2.41. The molecule has 0 atom stereocenters. The number of rotatable bonds is 5. The van der Waals surface area contributed by atoms with E-state index in [9.17, 15) is 19.7 Å². The predicted molar refractivity (Wildman–Crippen MR) is 105 cm³/mol. The van der Waals surface area contributed by atoms with E-state index in [4.69, 9.17) is 0 Å². The monoisotopic (exact) mass is 469 g/mol. The van der Waals surface area contributed by atoms with Gasteiger partial charge in [-0.2, -0.15) is 0 Å². The van der Waals surface area contributed by atoms with Crippen LogP contribution in [0.4, 0.5) is 5.69 Å². The summed E-state index contributed by atoms with van der Waals surface area (Å²) >= 11 is 0. The number of carbonyl (C=O) groups excluding carboxylic acids is 2. The smallest absolute Gasteiger partial charge is 0.269 e. The molecule has 1 heterocycles. The number of nitro benzene ring substituents is 1. The minimum atomic E-state index is -0.447. The first-order chi connectivity index (χ1) is 13.9. The molecule has 0 saturated heterocycles. The predicted octanol–water partition coefficient (Wildman–Crippen LogP) is 0.167. The van der Waals surface area contributed by atoms with Gasteiger partial charge in [0.1, 0.15) is 6.54 Å². The fourth-order valence-electron chi connectivity index (χ4n) is 3.74. The van der Waals surface area contributed by atoms with Crippen LogP contribution in [0, 0.1) is 16.0 Å². The van der Waals surface area contributed by atoms with E-state index in [1.807, 2.05) is 4.57 Å². The molecule has 0 N–H and O–H groups in total. The summed E-state index contributed by atoms with van der Waals surface area (Å²) in [6, 6.07) is 13.1. The van der Waals surface area contributed by atoms with Gasteiger partial charge in [0.05, 0.1) is 11.5 Å². The number of carbonyl (C=O) groups is 2. The quantitative estimate of drug-likeness (QED) is 0.237. The normalized spacial score (nSPS) is 12.4. The van der Waals surface area contributed by atoms with Crippen molar-refractivity contribution in [3.63, 3.8) is 0 Å². The van der Waals surface area contributed by atoms with Gasteiger partial charge < -0.3 is 17.0 Å². The molecule has 2 aromatic carbocycles. The number of benzene rings is 2. The molecule has 4 rings (SSSR count). The zero-order valence-electron chi connectivity index (χ0n) is 16.5.